The van der Waals surface area contributed by atoms with E-state index in [1.54, 1.807) is 6.20 Å². The largest absolute Gasteiger partial charge is 0.390 e. The van der Waals surface area contributed by atoms with E-state index in [4.69, 9.17) is 14.5 Å². The average Bonchev–Trinajstić information content (AvgIpc) is 3.38. The normalized spacial score (nSPS) is 19.8. The molecule has 186 valence electrons. The molecule has 0 aliphatic carbocycles. The zero-order valence-corrected chi connectivity index (χ0v) is 20.8. The topological polar surface area (TPSA) is 111 Å². The fraction of sp³-hybridized carbons (Fsp3) is 0.500. The van der Waals surface area contributed by atoms with Gasteiger partial charge in [0.1, 0.15) is 11.4 Å². The molecule has 2 aliphatic heterocycles. The molecule has 1 saturated heterocycles. The van der Waals surface area contributed by atoms with Gasteiger partial charge in [0.15, 0.2) is 0 Å². The molecule has 3 N–H and O–H groups in total. The number of amides is 1. The second-order valence-corrected chi connectivity index (χ2v) is 10.2. The number of nitrogens with one attached hydrogen (secondary N) is 2. The van der Waals surface area contributed by atoms with Crippen LogP contribution in [0.25, 0.3) is 22.2 Å². The minimum absolute atomic E-state index is 0.167. The number of nitrogens with zero attached hydrogens (tertiary/aromatic N) is 3. The fourth-order valence-corrected chi connectivity index (χ4v) is 4.99. The van der Waals surface area contributed by atoms with Gasteiger partial charge >= 0.3 is 0 Å². The number of anilines is 2. The van der Waals surface area contributed by atoms with E-state index < -0.39 is 11.2 Å². The predicted octanol–water partition coefficient (Wildman–Crippen LogP) is 3.35. The molecule has 0 radical (unpaired) electrons. The Balaban J connectivity index is 1.64. The van der Waals surface area contributed by atoms with Crippen LogP contribution in [0.15, 0.2) is 24.5 Å². The summed E-state index contributed by atoms with van der Waals surface area (Å²) in [5.74, 6) is 0.336. The number of pyridine rings is 2. The molecule has 9 nitrogen and oxygen atoms in total. The molecule has 0 aromatic carbocycles. The molecule has 9 heteroatoms. The molecule has 1 spiro atoms. The number of aromatic nitrogens is 3. The molecule has 1 amide bonds. The number of hydrogen-bond donors (Lipinski definition) is 3. The van der Waals surface area contributed by atoms with Crippen molar-refractivity contribution in [1.82, 2.24) is 14.5 Å². The third kappa shape index (κ3) is 4.63. The van der Waals surface area contributed by atoms with Crippen molar-refractivity contribution in [1.29, 1.82) is 0 Å². The van der Waals surface area contributed by atoms with E-state index in [0.29, 0.717) is 38.6 Å². The lowest BCUT2D eigenvalue weighted by atomic mass is 9.88. The highest BCUT2D eigenvalue weighted by Gasteiger charge is 2.44. The minimum Gasteiger partial charge on any atom is -0.390 e. The molecule has 5 rings (SSSR count). The average molecular weight is 480 g/mol. The van der Waals surface area contributed by atoms with Crippen LogP contribution in [0.3, 0.4) is 0 Å². The van der Waals surface area contributed by atoms with Gasteiger partial charge in [-0.15, -0.1) is 0 Å². The number of fused-ring (bicyclic) bond motifs is 3. The van der Waals surface area contributed by atoms with E-state index in [-0.39, 0.29) is 5.91 Å². The molecule has 0 bridgehead atoms. The van der Waals surface area contributed by atoms with E-state index in [0.717, 1.165) is 51.9 Å². The number of ether oxygens (including phenoxy) is 2. The van der Waals surface area contributed by atoms with E-state index >= 15 is 0 Å². The summed E-state index contributed by atoms with van der Waals surface area (Å²) in [5, 5.41) is 17.5. The molecule has 3 aromatic rings. The summed E-state index contributed by atoms with van der Waals surface area (Å²) in [4.78, 5) is 21.2. The van der Waals surface area contributed by atoms with E-state index in [1.165, 1.54) is 6.92 Å². The van der Waals surface area contributed by atoms with Gasteiger partial charge in [-0.1, -0.05) is 0 Å². The Bertz CT molecular complexity index is 1270. The van der Waals surface area contributed by atoms with Crippen LogP contribution in [0, 0.1) is 0 Å². The molecule has 5 heterocycles. The lowest BCUT2D eigenvalue weighted by Gasteiger charge is -2.35. The molecule has 1 unspecified atom stereocenters. The summed E-state index contributed by atoms with van der Waals surface area (Å²) in [6.07, 6.45) is 5.96. The van der Waals surface area contributed by atoms with Gasteiger partial charge in [-0.3, -0.25) is 4.79 Å². The van der Waals surface area contributed by atoms with Gasteiger partial charge in [-0.05, 0) is 38.8 Å². The lowest BCUT2D eigenvalue weighted by Crippen LogP contribution is -2.37. The Labute approximate surface area is 204 Å². The van der Waals surface area contributed by atoms with E-state index in [1.807, 2.05) is 37.7 Å². The van der Waals surface area contributed by atoms with Crippen molar-refractivity contribution < 1.29 is 19.4 Å². The maximum absolute atomic E-state index is 11.6. The Morgan fingerprint density at radius 1 is 1.31 bits per heavy atom. The first-order valence-corrected chi connectivity index (χ1v) is 12.1. The van der Waals surface area contributed by atoms with Gasteiger partial charge in [0, 0.05) is 61.9 Å². The van der Waals surface area contributed by atoms with Crippen molar-refractivity contribution in [3.8, 4) is 11.3 Å². The van der Waals surface area contributed by atoms with Gasteiger partial charge in [0.25, 0.3) is 0 Å². The Morgan fingerprint density at radius 3 is 2.86 bits per heavy atom. The number of carbonyl (C=O) groups excluding carboxylic acids is 1. The number of aryl methyl sites for hydroxylation is 1. The highest BCUT2D eigenvalue weighted by Crippen LogP contribution is 2.43. The molecule has 1 atom stereocenters. The van der Waals surface area contributed by atoms with Gasteiger partial charge in [-0.25, -0.2) is 9.97 Å². The zero-order valence-electron chi connectivity index (χ0n) is 20.8. The van der Waals surface area contributed by atoms with Crippen molar-refractivity contribution in [3.05, 3.63) is 35.8 Å². The first kappa shape index (κ1) is 23.7. The summed E-state index contributed by atoms with van der Waals surface area (Å²) in [7, 11) is 1.97. The van der Waals surface area contributed by atoms with Crippen LogP contribution in [0.1, 0.15) is 44.9 Å². The van der Waals surface area contributed by atoms with Crippen LogP contribution in [-0.4, -0.2) is 57.5 Å². The lowest BCUT2D eigenvalue weighted by molar-refractivity contribution is -0.114. The molecule has 1 fully saturated rings. The van der Waals surface area contributed by atoms with Crippen LogP contribution in [0.5, 0.6) is 0 Å². The van der Waals surface area contributed by atoms with Gasteiger partial charge in [-0.2, -0.15) is 0 Å². The maximum Gasteiger partial charge on any atom is 0.222 e. The summed E-state index contributed by atoms with van der Waals surface area (Å²) in [6, 6.07) is 3.98. The number of aliphatic hydroxyl groups is 1. The smallest absolute Gasteiger partial charge is 0.222 e. The van der Waals surface area contributed by atoms with Gasteiger partial charge in [0.2, 0.25) is 5.91 Å². The first-order valence-electron chi connectivity index (χ1n) is 12.1. The first-order chi connectivity index (χ1) is 16.7. The fourth-order valence-electron chi connectivity index (χ4n) is 4.99. The van der Waals surface area contributed by atoms with Crippen LogP contribution in [0.4, 0.5) is 11.5 Å². The molecule has 3 aromatic heterocycles. The van der Waals surface area contributed by atoms with Crippen LogP contribution < -0.4 is 10.6 Å². The highest BCUT2D eigenvalue weighted by atomic mass is 16.6. The van der Waals surface area contributed by atoms with Crippen molar-refractivity contribution in [2.45, 2.75) is 51.2 Å². The third-order valence-corrected chi connectivity index (χ3v) is 6.78. The van der Waals surface area contributed by atoms with Crippen molar-refractivity contribution >= 4 is 28.3 Å². The molecule has 2 aliphatic rings. The number of carbonyl (C=O) groups is 1. The van der Waals surface area contributed by atoms with Crippen molar-refractivity contribution in [2.24, 2.45) is 7.05 Å². The Kier molecular flexibility index (Phi) is 6.03. The number of rotatable bonds is 6. The molecule has 35 heavy (non-hydrogen) atoms. The summed E-state index contributed by atoms with van der Waals surface area (Å²) in [5.41, 5.74) is 4.51. The predicted molar refractivity (Wildman–Crippen MR) is 134 cm³/mol. The summed E-state index contributed by atoms with van der Waals surface area (Å²) < 4.78 is 14.1. The summed E-state index contributed by atoms with van der Waals surface area (Å²) >= 11 is 0. The highest BCUT2D eigenvalue weighted by molar-refractivity contribution is 5.98. The van der Waals surface area contributed by atoms with Crippen molar-refractivity contribution in [3.63, 3.8) is 0 Å². The zero-order chi connectivity index (χ0) is 24.8. The Hall–Kier alpha value is -3.01. The minimum atomic E-state index is -0.755. The third-order valence-electron chi connectivity index (χ3n) is 6.78. The van der Waals surface area contributed by atoms with E-state index in [2.05, 4.69) is 21.7 Å². The van der Waals surface area contributed by atoms with E-state index in [9.17, 15) is 9.90 Å². The molecular formula is C26H33N5O4. The van der Waals surface area contributed by atoms with Crippen LogP contribution in [-0.2, 0) is 33.3 Å². The monoisotopic (exact) mass is 479 g/mol. The van der Waals surface area contributed by atoms with Gasteiger partial charge < -0.3 is 29.8 Å². The molecular weight excluding hydrogens is 446 g/mol. The Morgan fingerprint density at radius 2 is 2.14 bits per heavy atom. The van der Waals surface area contributed by atoms with Crippen LogP contribution >= 0.6 is 0 Å². The van der Waals surface area contributed by atoms with Crippen LogP contribution in [0.2, 0.25) is 0 Å². The van der Waals surface area contributed by atoms with Gasteiger partial charge in [0.05, 0.1) is 41.9 Å². The van der Waals surface area contributed by atoms with Crippen molar-refractivity contribution in [2.75, 3.05) is 37.0 Å². The quantitative estimate of drug-likeness (QED) is 0.497. The molecule has 0 saturated carbocycles. The SMILES string of the molecule is CC(=O)Nc1cc2c(-c3cc(NCCC(C)(C)O)c4c(n3)C3(CCOC3)OCC4)cn(C)c2cn1. The maximum atomic E-state index is 11.6. The second-order valence-electron chi connectivity index (χ2n) is 10.2. The second kappa shape index (κ2) is 8.89. The summed E-state index contributed by atoms with van der Waals surface area (Å²) in [6.45, 7) is 7.50. The number of hydrogen-bond acceptors (Lipinski definition) is 7. The standard InChI is InChI=1S/C26H33N5O4/c1-16(32)29-23-11-18-19(14-31(4)22(18)13-28-23)21-12-20(27-8-6-25(2,3)33)17-5-9-35-26(24(17)30-21)7-10-34-15-26/h11-14,33H,5-10,15H2,1-4H3,(H,27,30)(H,28,29,32).